The minimum absolute atomic E-state index is 0.0834. The number of nitrogens with one attached hydrogen (secondary N) is 1. The average molecular weight is 374 g/mol. The highest BCUT2D eigenvalue weighted by atomic mass is 19.1. The molecule has 0 unspecified atom stereocenters. The number of halogens is 1. The summed E-state index contributed by atoms with van der Waals surface area (Å²) in [6.45, 7) is 4.82. The molecule has 0 fully saturated rings. The molecule has 0 aromatic heterocycles. The van der Waals surface area contributed by atoms with E-state index in [9.17, 15) is 9.18 Å². The van der Waals surface area contributed by atoms with E-state index in [0.717, 1.165) is 16.7 Å². The van der Waals surface area contributed by atoms with Crippen molar-refractivity contribution in [3.8, 4) is 11.5 Å². The number of likely N-dealkylation sites (N-methyl/N-ethyl adjacent to an activating group) is 1. The first-order valence-electron chi connectivity index (χ1n) is 8.79. The first kappa shape index (κ1) is 20.7. The zero-order valence-electron chi connectivity index (χ0n) is 16.5. The molecule has 5 nitrogen and oxygen atoms in total. The van der Waals surface area contributed by atoms with E-state index in [1.54, 1.807) is 26.4 Å². The molecule has 6 heteroatoms. The smallest absolute Gasteiger partial charge is 0.237 e. The van der Waals surface area contributed by atoms with Gasteiger partial charge in [-0.25, -0.2) is 4.39 Å². The molecule has 0 bridgehead atoms. The summed E-state index contributed by atoms with van der Waals surface area (Å²) < 4.78 is 23.6. The van der Waals surface area contributed by atoms with Crippen molar-refractivity contribution < 1.29 is 18.7 Å². The lowest BCUT2D eigenvalue weighted by Crippen LogP contribution is -2.42. The monoisotopic (exact) mass is 374 g/mol. The second kappa shape index (κ2) is 9.37. The molecule has 0 aliphatic carbocycles. The predicted molar refractivity (Wildman–Crippen MR) is 103 cm³/mol. The van der Waals surface area contributed by atoms with Gasteiger partial charge in [-0.15, -0.1) is 0 Å². The molecule has 2 aromatic rings. The minimum Gasteiger partial charge on any atom is -0.493 e. The SMILES string of the molecule is COc1cc(C)c(CN(C)[C@H](C)C(=O)NCc2ccc(F)cc2)cc1OC. The highest BCUT2D eigenvalue weighted by Gasteiger charge is 2.19. The van der Waals surface area contributed by atoms with Crippen LogP contribution in [-0.2, 0) is 17.9 Å². The fourth-order valence-electron chi connectivity index (χ4n) is 2.74. The molecule has 1 amide bonds. The number of carbonyl (C=O) groups is 1. The van der Waals surface area contributed by atoms with Crippen molar-refractivity contribution in [2.45, 2.75) is 33.0 Å². The second-order valence-electron chi connectivity index (χ2n) is 6.57. The maximum atomic E-state index is 13.0. The van der Waals surface area contributed by atoms with Crippen LogP contribution in [0.2, 0.25) is 0 Å². The lowest BCUT2D eigenvalue weighted by molar-refractivity contribution is -0.125. The summed E-state index contributed by atoms with van der Waals surface area (Å²) in [7, 11) is 5.11. The predicted octanol–water partition coefficient (Wildman–Crippen LogP) is 3.29. The molecule has 2 rings (SSSR count). The number of rotatable bonds is 8. The Morgan fingerprint density at radius 3 is 2.33 bits per heavy atom. The molecule has 1 atom stereocenters. The van der Waals surface area contributed by atoms with E-state index in [4.69, 9.17) is 9.47 Å². The molecular weight excluding hydrogens is 347 g/mol. The number of benzene rings is 2. The van der Waals surface area contributed by atoms with Crippen molar-refractivity contribution >= 4 is 5.91 Å². The first-order chi connectivity index (χ1) is 12.8. The van der Waals surface area contributed by atoms with Crippen LogP contribution >= 0.6 is 0 Å². The minimum atomic E-state index is -0.321. The third-order valence-electron chi connectivity index (χ3n) is 4.68. The van der Waals surface area contributed by atoms with Gasteiger partial charge in [0.1, 0.15) is 5.82 Å². The van der Waals surface area contributed by atoms with Crippen molar-refractivity contribution in [2.24, 2.45) is 0 Å². The number of hydrogen-bond acceptors (Lipinski definition) is 4. The summed E-state index contributed by atoms with van der Waals surface area (Å²) in [5, 5.41) is 2.89. The van der Waals surface area contributed by atoms with Crippen LogP contribution in [0.15, 0.2) is 36.4 Å². The Labute approximate surface area is 160 Å². The van der Waals surface area contributed by atoms with Crippen LogP contribution in [0.1, 0.15) is 23.6 Å². The Hall–Kier alpha value is -2.60. The summed E-state index contributed by atoms with van der Waals surface area (Å²) in [5.41, 5.74) is 2.99. The maximum Gasteiger partial charge on any atom is 0.237 e. The summed E-state index contributed by atoms with van der Waals surface area (Å²) in [6.07, 6.45) is 0. The van der Waals surface area contributed by atoms with Gasteiger partial charge < -0.3 is 14.8 Å². The van der Waals surface area contributed by atoms with Crippen LogP contribution < -0.4 is 14.8 Å². The van der Waals surface area contributed by atoms with Crippen LogP contribution in [0.4, 0.5) is 4.39 Å². The molecule has 0 radical (unpaired) electrons. The van der Waals surface area contributed by atoms with E-state index in [0.29, 0.717) is 24.6 Å². The lowest BCUT2D eigenvalue weighted by atomic mass is 10.1. The van der Waals surface area contributed by atoms with E-state index in [1.165, 1.54) is 12.1 Å². The van der Waals surface area contributed by atoms with Crippen molar-refractivity contribution in [1.29, 1.82) is 0 Å². The molecule has 0 saturated heterocycles. The molecule has 1 N–H and O–H groups in total. The van der Waals surface area contributed by atoms with E-state index in [1.807, 2.05) is 37.9 Å². The number of methoxy groups -OCH3 is 2. The fourth-order valence-corrected chi connectivity index (χ4v) is 2.74. The highest BCUT2D eigenvalue weighted by molar-refractivity contribution is 5.81. The van der Waals surface area contributed by atoms with Crippen LogP contribution in [0.3, 0.4) is 0 Å². The van der Waals surface area contributed by atoms with Gasteiger partial charge in [-0.05, 0) is 61.9 Å². The largest absolute Gasteiger partial charge is 0.493 e. The Kier molecular flexibility index (Phi) is 7.19. The summed E-state index contributed by atoms with van der Waals surface area (Å²) >= 11 is 0. The molecule has 27 heavy (non-hydrogen) atoms. The van der Waals surface area contributed by atoms with Gasteiger partial charge in [0.25, 0.3) is 0 Å². The van der Waals surface area contributed by atoms with Gasteiger partial charge in [0.15, 0.2) is 11.5 Å². The lowest BCUT2D eigenvalue weighted by Gasteiger charge is -2.25. The van der Waals surface area contributed by atoms with Crippen molar-refractivity contribution in [3.63, 3.8) is 0 Å². The number of aryl methyl sites for hydroxylation is 1. The summed E-state index contributed by atoms with van der Waals surface area (Å²) in [5.74, 6) is 0.981. The molecule has 0 aliphatic heterocycles. The van der Waals surface area contributed by atoms with Gasteiger partial charge in [0.05, 0.1) is 20.3 Å². The van der Waals surface area contributed by atoms with E-state index >= 15 is 0 Å². The maximum absolute atomic E-state index is 13.0. The van der Waals surface area contributed by atoms with Gasteiger partial charge in [-0.1, -0.05) is 12.1 Å². The van der Waals surface area contributed by atoms with Crippen LogP contribution in [0, 0.1) is 12.7 Å². The zero-order valence-corrected chi connectivity index (χ0v) is 16.5. The molecule has 0 heterocycles. The fraction of sp³-hybridized carbons (Fsp3) is 0.381. The molecule has 146 valence electrons. The molecule has 0 spiro atoms. The van der Waals surface area contributed by atoms with Gasteiger partial charge >= 0.3 is 0 Å². The molecule has 0 saturated carbocycles. The van der Waals surface area contributed by atoms with E-state index < -0.39 is 0 Å². The Bertz CT molecular complexity index is 778. The van der Waals surface area contributed by atoms with E-state index in [-0.39, 0.29) is 17.8 Å². The van der Waals surface area contributed by atoms with Crippen molar-refractivity contribution in [1.82, 2.24) is 10.2 Å². The number of ether oxygens (including phenoxy) is 2. The molecule has 2 aromatic carbocycles. The standard InChI is InChI=1S/C21H27FN2O3/c1-14-10-19(26-4)20(27-5)11-17(14)13-24(3)15(2)21(25)23-12-16-6-8-18(22)9-7-16/h6-11,15H,12-13H2,1-5H3,(H,23,25)/t15-/m1/s1. The zero-order chi connectivity index (χ0) is 20.0. The number of carbonyl (C=O) groups excluding carboxylic acids is 1. The third-order valence-corrected chi connectivity index (χ3v) is 4.68. The second-order valence-corrected chi connectivity index (χ2v) is 6.57. The number of nitrogens with zero attached hydrogens (tertiary/aromatic N) is 1. The molecule has 0 aliphatic rings. The molecular formula is C21H27FN2O3. The Morgan fingerprint density at radius 2 is 1.74 bits per heavy atom. The summed E-state index contributed by atoms with van der Waals surface area (Å²) in [4.78, 5) is 14.4. The number of amides is 1. The topological polar surface area (TPSA) is 50.8 Å². The van der Waals surface area contributed by atoms with Gasteiger partial charge in [-0.2, -0.15) is 0 Å². The summed E-state index contributed by atoms with van der Waals surface area (Å²) in [6, 6.07) is 9.65. The van der Waals surface area contributed by atoms with Crippen LogP contribution in [0.25, 0.3) is 0 Å². The van der Waals surface area contributed by atoms with Gasteiger partial charge in [0, 0.05) is 13.1 Å². The van der Waals surface area contributed by atoms with Gasteiger partial charge in [-0.3, -0.25) is 9.69 Å². The quantitative estimate of drug-likeness (QED) is 0.770. The van der Waals surface area contributed by atoms with Crippen LogP contribution in [-0.4, -0.2) is 38.1 Å². The van der Waals surface area contributed by atoms with E-state index in [2.05, 4.69) is 5.32 Å². The third kappa shape index (κ3) is 5.44. The Balaban J connectivity index is 1.99. The van der Waals surface area contributed by atoms with Crippen molar-refractivity contribution in [3.05, 3.63) is 58.9 Å². The van der Waals surface area contributed by atoms with Gasteiger partial charge in [0.2, 0.25) is 5.91 Å². The van der Waals surface area contributed by atoms with Crippen molar-refractivity contribution in [2.75, 3.05) is 21.3 Å². The average Bonchev–Trinajstić information content (AvgIpc) is 2.67. The normalized spacial score (nSPS) is 12.0. The number of hydrogen-bond donors (Lipinski definition) is 1. The highest BCUT2D eigenvalue weighted by Crippen LogP contribution is 2.30. The van der Waals surface area contributed by atoms with Crippen LogP contribution in [0.5, 0.6) is 11.5 Å². The Morgan fingerprint density at radius 1 is 1.15 bits per heavy atom. The first-order valence-corrected chi connectivity index (χ1v) is 8.79.